The number of benzene rings is 1. The number of allylic oxidation sites excluding steroid dienone is 1. The van der Waals surface area contributed by atoms with Gasteiger partial charge in [0.1, 0.15) is 0 Å². The third kappa shape index (κ3) is 4.13. The number of esters is 1. The summed E-state index contributed by atoms with van der Waals surface area (Å²) < 4.78 is 11.1. The molecule has 0 unspecified atom stereocenters. The number of aryl methyl sites for hydroxylation is 1. The van der Waals surface area contributed by atoms with Gasteiger partial charge in [-0.1, -0.05) is 38.1 Å². The Morgan fingerprint density at radius 3 is 2.62 bits per heavy atom. The lowest BCUT2D eigenvalue weighted by atomic mass is 9.46. The van der Waals surface area contributed by atoms with E-state index in [-0.39, 0.29) is 28.6 Å². The lowest BCUT2D eigenvalue weighted by Crippen LogP contribution is -2.53. The molecule has 0 aliphatic heterocycles. The molecule has 5 heteroatoms. The fraction of sp³-hybridized carbons (Fsp3) is 0.481. The zero-order valence-electron chi connectivity index (χ0n) is 18.9. The second-order valence-corrected chi connectivity index (χ2v) is 9.81. The molecule has 4 atom stereocenters. The lowest BCUT2D eigenvalue weighted by Gasteiger charge is -2.58. The highest BCUT2D eigenvalue weighted by Gasteiger charge is 2.56. The van der Waals surface area contributed by atoms with Gasteiger partial charge in [-0.3, -0.25) is 0 Å². The second-order valence-electron chi connectivity index (χ2n) is 9.81. The average molecular weight is 437 g/mol. The highest BCUT2D eigenvalue weighted by atomic mass is 16.5. The van der Waals surface area contributed by atoms with Crippen molar-refractivity contribution in [3.05, 3.63) is 71.7 Å². The van der Waals surface area contributed by atoms with Crippen LogP contribution in [0.2, 0.25) is 0 Å². The zero-order valence-corrected chi connectivity index (χ0v) is 18.9. The Balaban J connectivity index is 1.58. The van der Waals surface area contributed by atoms with Crippen LogP contribution in [0.3, 0.4) is 0 Å². The van der Waals surface area contributed by atoms with Crippen LogP contribution in [0.1, 0.15) is 61.9 Å². The molecule has 0 saturated heterocycles. The number of furan rings is 1. The molecule has 1 aromatic heterocycles. The van der Waals surface area contributed by atoms with Crippen molar-refractivity contribution in [1.29, 1.82) is 0 Å². The van der Waals surface area contributed by atoms with Gasteiger partial charge in [-0.2, -0.15) is 0 Å². The number of carbonyl (C=O) groups excluding carboxylic acids is 1. The van der Waals surface area contributed by atoms with Crippen LogP contribution in [-0.4, -0.2) is 23.7 Å². The van der Waals surface area contributed by atoms with E-state index in [2.05, 4.69) is 13.8 Å². The van der Waals surface area contributed by atoms with E-state index in [1.54, 1.807) is 24.7 Å². The summed E-state index contributed by atoms with van der Waals surface area (Å²) in [6, 6.07) is 11.1. The van der Waals surface area contributed by atoms with Crippen LogP contribution in [-0.2, 0) is 16.0 Å². The normalized spacial score (nSPS) is 29.6. The second kappa shape index (κ2) is 8.97. The van der Waals surface area contributed by atoms with Gasteiger partial charge in [-0.15, -0.1) is 0 Å². The van der Waals surface area contributed by atoms with Gasteiger partial charge in [0.2, 0.25) is 0 Å². The Labute approximate surface area is 189 Å². The summed E-state index contributed by atoms with van der Waals surface area (Å²) in [7, 11) is 0. The molecular weight excluding hydrogens is 404 g/mol. The van der Waals surface area contributed by atoms with Crippen molar-refractivity contribution in [1.82, 2.24) is 0 Å². The number of hydrogen-bond acceptors (Lipinski definition) is 4. The van der Waals surface area contributed by atoms with Gasteiger partial charge < -0.3 is 14.3 Å². The minimum absolute atomic E-state index is 0.157. The summed E-state index contributed by atoms with van der Waals surface area (Å²) in [5.74, 6) is -0.713. The first-order valence-corrected chi connectivity index (χ1v) is 11.5. The first kappa shape index (κ1) is 22.4. The molecule has 0 amide bonds. The number of carbonyl (C=O) groups is 2. The van der Waals surface area contributed by atoms with Crippen molar-refractivity contribution in [2.75, 3.05) is 6.61 Å². The number of carboxylic acid groups (broad SMARTS) is 1. The van der Waals surface area contributed by atoms with Crippen molar-refractivity contribution in [3.8, 4) is 0 Å². The van der Waals surface area contributed by atoms with Gasteiger partial charge in [0, 0.05) is 11.0 Å². The molecule has 1 aromatic carbocycles. The number of carboxylic acids is 1. The van der Waals surface area contributed by atoms with E-state index < -0.39 is 5.97 Å². The maximum absolute atomic E-state index is 12.6. The van der Waals surface area contributed by atoms with Crippen molar-refractivity contribution < 1.29 is 23.8 Å². The Hall–Kier alpha value is -2.82. The molecule has 2 aliphatic carbocycles. The zero-order chi connectivity index (χ0) is 22.8. The van der Waals surface area contributed by atoms with Crippen molar-refractivity contribution in [2.45, 2.75) is 52.4 Å². The maximum Gasteiger partial charge on any atom is 0.338 e. The van der Waals surface area contributed by atoms with E-state index in [4.69, 9.17) is 9.15 Å². The molecule has 1 N–H and O–H groups in total. The maximum atomic E-state index is 12.6. The SMILES string of the molecule is C[C@@]1(CCc2ccoc2)[C@@H](COC(=O)c2ccccc2)CC[C@]2(C)C(C(=O)O)=CCC[C@@H]12. The van der Waals surface area contributed by atoms with Crippen LogP contribution < -0.4 is 0 Å². The van der Waals surface area contributed by atoms with Crippen LogP contribution in [0, 0.1) is 22.7 Å². The van der Waals surface area contributed by atoms with Gasteiger partial charge in [-0.05, 0) is 79.5 Å². The van der Waals surface area contributed by atoms with E-state index >= 15 is 0 Å². The molecule has 2 aromatic rings. The number of rotatable bonds is 7. The smallest absolute Gasteiger partial charge is 0.338 e. The van der Waals surface area contributed by atoms with Gasteiger partial charge in [-0.25, -0.2) is 9.59 Å². The Kier molecular flexibility index (Phi) is 6.27. The van der Waals surface area contributed by atoms with Gasteiger partial charge in [0.15, 0.2) is 0 Å². The molecule has 2 aliphatic rings. The molecule has 1 saturated carbocycles. The van der Waals surface area contributed by atoms with Gasteiger partial charge in [0.05, 0.1) is 24.7 Å². The predicted octanol–water partition coefficient (Wildman–Crippen LogP) is 5.91. The van der Waals surface area contributed by atoms with Crippen LogP contribution in [0.25, 0.3) is 0 Å². The molecule has 1 heterocycles. The third-order valence-corrected chi connectivity index (χ3v) is 8.12. The fourth-order valence-electron chi connectivity index (χ4n) is 6.25. The molecule has 5 nitrogen and oxygen atoms in total. The number of aliphatic carboxylic acids is 1. The molecule has 4 rings (SSSR count). The van der Waals surface area contributed by atoms with Gasteiger partial charge in [0.25, 0.3) is 0 Å². The summed E-state index contributed by atoms with van der Waals surface area (Å²) in [6.45, 7) is 4.76. The van der Waals surface area contributed by atoms with E-state index in [0.717, 1.165) is 44.1 Å². The third-order valence-electron chi connectivity index (χ3n) is 8.12. The lowest BCUT2D eigenvalue weighted by molar-refractivity contribution is -0.137. The summed E-state index contributed by atoms with van der Waals surface area (Å²) in [5, 5.41) is 9.91. The van der Waals surface area contributed by atoms with Crippen LogP contribution in [0.5, 0.6) is 0 Å². The number of fused-ring (bicyclic) bond motifs is 1. The first-order valence-electron chi connectivity index (χ1n) is 11.5. The van der Waals surface area contributed by atoms with Crippen molar-refractivity contribution in [2.24, 2.45) is 22.7 Å². The fourth-order valence-corrected chi connectivity index (χ4v) is 6.25. The van der Waals surface area contributed by atoms with Crippen LogP contribution in [0.15, 0.2) is 65.0 Å². The highest BCUT2D eigenvalue weighted by molar-refractivity contribution is 5.89. The van der Waals surface area contributed by atoms with Crippen LogP contribution in [0.4, 0.5) is 0 Å². The average Bonchev–Trinajstić information content (AvgIpc) is 3.31. The van der Waals surface area contributed by atoms with E-state index in [9.17, 15) is 14.7 Å². The summed E-state index contributed by atoms with van der Waals surface area (Å²) in [6.07, 6.45) is 10.5. The molecule has 0 spiro atoms. The minimum Gasteiger partial charge on any atom is -0.478 e. The quantitative estimate of drug-likeness (QED) is 0.546. The monoisotopic (exact) mass is 436 g/mol. The Morgan fingerprint density at radius 1 is 1.16 bits per heavy atom. The highest BCUT2D eigenvalue weighted by Crippen LogP contribution is 2.62. The Morgan fingerprint density at radius 2 is 1.94 bits per heavy atom. The van der Waals surface area contributed by atoms with E-state index in [1.165, 1.54) is 0 Å². The summed E-state index contributed by atoms with van der Waals surface area (Å²) in [5.41, 5.74) is 1.74. The van der Waals surface area contributed by atoms with E-state index in [0.29, 0.717) is 17.7 Å². The first-order chi connectivity index (χ1) is 15.3. The largest absolute Gasteiger partial charge is 0.478 e. The number of hydrogen-bond donors (Lipinski definition) is 1. The molecule has 32 heavy (non-hydrogen) atoms. The topological polar surface area (TPSA) is 76.7 Å². The number of ether oxygens (including phenoxy) is 1. The Bertz CT molecular complexity index is 977. The molecule has 170 valence electrons. The standard InChI is InChI=1S/C27H32O5/c1-26(14-11-19-13-16-31-17-19)21(18-32-25(30)20-7-4-3-5-8-20)12-15-27(2)22(24(28)29)9-6-10-23(26)27/h3-5,7-9,13,16-17,21,23H,6,10-12,14-15,18H2,1-2H3,(H,28,29)/t21-,23+,26-,27-/m1/s1. The molecule has 1 fully saturated rings. The predicted molar refractivity (Wildman–Crippen MR) is 121 cm³/mol. The van der Waals surface area contributed by atoms with Crippen LogP contribution >= 0.6 is 0 Å². The summed E-state index contributed by atoms with van der Waals surface area (Å²) >= 11 is 0. The molecule has 0 bridgehead atoms. The van der Waals surface area contributed by atoms with Crippen molar-refractivity contribution in [3.63, 3.8) is 0 Å². The molecule has 0 radical (unpaired) electrons. The minimum atomic E-state index is -0.802. The molecular formula is C27H32O5. The van der Waals surface area contributed by atoms with Crippen molar-refractivity contribution >= 4 is 11.9 Å². The van der Waals surface area contributed by atoms with E-state index in [1.807, 2.05) is 30.3 Å². The van der Waals surface area contributed by atoms with Gasteiger partial charge >= 0.3 is 11.9 Å². The summed E-state index contributed by atoms with van der Waals surface area (Å²) in [4.78, 5) is 24.7.